The topological polar surface area (TPSA) is 68.1 Å². The van der Waals surface area contributed by atoms with E-state index < -0.39 is 5.97 Å². The highest BCUT2D eigenvalue weighted by molar-refractivity contribution is 6.36. The fraction of sp³-hybridized carbons (Fsp3) is 0.333. The quantitative estimate of drug-likeness (QED) is 0.269. The molecule has 0 aromatic heterocycles. The van der Waals surface area contributed by atoms with Crippen molar-refractivity contribution in [1.82, 2.24) is 0 Å². The molecule has 0 aliphatic heterocycles. The molecule has 17 heavy (non-hydrogen) atoms. The Kier molecular flexibility index (Phi) is 5.57. The molecule has 0 spiro atoms. The van der Waals surface area contributed by atoms with Crippen LogP contribution in [0.4, 0.5) is 0 Å². The zero-order valence-corrected chi connectivity index (χ0v) is 9.63. The van der Waals surface area contributed by atoms with Crippen LogP contribution in [0.3, 0.4) is 0 Å². The molecule has 1 aromatic rings. The molecule has 0 aliphatic rings. The van der Waals surface area contributed by atoms with E-state index in [1.54, 1.807) is 0 Å². The Morgan fingerprint density at radius 2 is 2.06 bits per heavy atom. The molecule has 5 heteroatoms. The van der Waals surface area contributed by atoms with Gasteiger partial charge in [-0.1, -0.05) is 23.4 Å². The molecule has 1 N–H and O–H groups in total. The number of rotatable bonds is 6. The molecular formula is C12H15NO4. The van der Waals surface area contributed by atoms with E-state index in [0.29, 0.717) is 19.4 Å². The van der Waals surface area contributed by atoms with Gasteiger partial charge in [0.15, 0.2) is 5.71 Å². The SMILES string of the molecule is COC(=O)C(CCCOc1ccccc1)=NO. The Bertz CT molecular complexity index is 375. The summed E-state index contributed by atoms with van der Waals surface area (Å²) >= 11 is 0. The lowest BCUT2D eigenvalue weighted by Gasteiger charge is -2.05. The minimum atomic E-state index is -0.618. The van der Waals surface area contributed by atoms with Crippen LogP contribution in [-0.2, 0) is 9.53 Å². The van der Waals surface area contributed by atoms with Gasteiger partial charge in [-0.25, -0.2) is 4.79 Å². The summed E-state index contributed by atoms with van der Waals surface area (Å²) in [5, 5.41) is 11.5. The second-order valence-electron chi connectivity index (χ2n) is 3.30. The Morgan fingerprint density at radius 3 is 2.65 bits per heavy atom. The molecule has 0 heterocycles. The number of carbonyl (C=O) groups excluding carboxylic acids is 1. The summed E-state index contributed by atoms with van der Waals surface area (Å²) in [4.78, 5) is 11.1. The first-order valence-electron chi connectivity index (χ1n) is 5.25. The Hall–Kier alpha value is -2.04. The molecule has 5 nitrogen and oxygen atoms in total. The van der Waals surface area contributed by atoms with Crippen molar-refractivity contribution in [3.63, 3.8) is 0 Å². The molecule has 0 radical (unpaired) electrons. The fourth-order valence-electron chi connectivity index (χ4n) is 1.26. The van der Waals surface area contributed by atoms with Gasteiger partial charge in [0.25, 0.3) is 0 Å². The second kappa shape index (κ2) is 7.27. The van der Waals surface area contributed by atoms with Gasteiger partial charge in [0, 0.05) is 6.42 Å². The summed E-state index contributed by atoms with van der Waals surface area (Å²) in [7, 11) is 1.24. The van der Waals surface area contributed by atoms with E-state index in [9.17, 15) is 4.79 Å². The highest BCUT2D eigenvalue weighted by Crippen LogP contribution is 2.09. The van der Waals surface area contributed by atoms with Gasteiger partial charge in [-0.2, -0.15) is 0 Å². The smallest absolute Gasteiger partial charge is 0.355 e. The molecule has 0 saturated heterocycles. The molecule has 0 unspecified atom stereocenters. The van der Waals surface area contributed by atoms with Gasteiger partial charge in [-0.15, -0.1) is 0 Å². The highest BCUT2D eigenvalue weighted by Gasteiger charge is 2.11. The van der Waals surface area contributed by atoms with E-state index in [-0.39, 0.29) is 5.71 Å². The zero-order valence-electron chi connectivity index (χ0n) is 9.63. The maximum atomic E-state index is 11.1. The molecule has 0 aliphatic carbocycles. The van der Waals surface area contributed by atoms with E-state index in [0.717, 1.165) is 5.75 Å². The van der Waals surface area contributed by atoms with Crippen LogP contribution < -0.4 is 4.74 Å². The predicted molar refractivity (Wildman–Crippen MR) is 62.4 cm³/mol. The number of hydrogen-bond donors (Lipinski definition) is 1. The monoisotopic (exact) mass is 237 g/mol. The molecule has 92 valence electrons. The molecular weight excluding hydrogens is 222 g/mol. The van der Waals surface area contributed by atoms with Gasteiger partial charge >= 0.3 is 5.97 Å². The molecule has 1 aromatic carbocycles. The molecule has 0 amide bonds. The number of hydrogen-bond acceptors (Lipinski definition) is 5. The zero-order chi connectivity index (χ0) is 12.5. The number of oxime groups is 1. The first-order valence-corrected chi connectivity index (χ1v) is 5.25. The summed E-state index contributed by atoms with van der Waals surface area (Å²) in [6.07, 6.45) is 0.888. The Labute approximate surface area is 99.7 Å². The first-order chi connectivity index (χ1) is 8.27. The normalized spacial score (nSPS) is 11.0. The lowest BCUT2D eigenvalue weighted by molar-refractivity contribution is -0.133. The standard InChI is InChI=1S/C12H15NO4/c1-16-12(14)11(13-15)8-5-9-17-10-6-3-2-4-7-10/h2-4,6-7,15H,5,8-9H2,1H3. The summed E-state index contributed by atoms with van der Waals surface area (Å²) in [5.41, 5.74) is 0.00385. The van der Waals surface area contributed by atoms with E-state index in [4.69, 9.17) is 9.94 Å². The maximum absolute atomic E-state index is 11.1. The molecule has 0 atom stereocenters. The fourth-order valence-corrected chi connectivity index (χ4v) is 1.26. The molecule has 1 rings (SSSR count). The van der Waals surface area contributed by atoms with E-state index in [1.165, 1.54) is 7.11 Å². The summed E-state index contributed by atoms with van der Waals surface area (Å²) in [5.74, 6) is 0.153. The number of para-hydroxylation sites is 1. The van der Waals surface area contributed by atoms with E-state index in [1.807, 2.05) is 30.3 Å². The van der Waals surface area contributed by atoms with Gasteiger partial charge in [0.05, 0.1) is 13.7 Å². The van der Waals surface area contributed by atoms with Crippen molar-refractivity contribution in [2.75, 3.05) is 13.7 Å². The van der Waals surface area contributed by atoms with Crippen LogP contribution in [-0.4, -0.2) is 30.6 Å². The van der Waals surface area contributed by atoms with Crippen LogP contribution in [0.2, 0.25) is 0 Å². The first kappa shape index (κ1) is 13.0. The number of benzene rings is 1. The lowest BCUT2D eigenvalue weighted by atomic mass is 10.2. The van der Waals surface area contributed by atoms with Crippen molar-refractivity contribution in [3.8, 4) is 5.75 Å². The Balaban J connectivity index is 2.26. The van der Waals surface area contributed by atoms with Gasteiger partial charge in [0.2, 0.25) is 0 Å². The number of esters is 1. The van der Waals surface area contributed by atoms with Crippen LogP contribution in [0.15, 0.2) is 35.5 Å². The largest absolute Gasteiger partial charge is 0.494 e. The van der Waals surface area contributed by atoms with Gasteiger partial charge in [0.1, 0.15) is 5.75 Å². The summed E-state index contributed by atoms with van der Waals surface area (Å²) in [6, 6.07) is 9.36. The highest BCUT2D eigenvalue weighted by atomic mass is 16.5. The van der Waals surface area contributed by atoms with E-state index in [2.05, 4.69) is 9.89 Å². The number of ether oxygens (including phenoxy) is 2. The van der Waals surface area contributed by atoms with Crippen molar-refractivity contribution in [2.24, 2.45) is 5.16 Å². The van der Waals surface area contributed by atoms with Crippen LogP contribution in [0, 0.1) is 0 Å². The van der Waals surface area contributed by atoms with Crippen LogP contribution in [0.1, 0.15) is 12.8 Å². The van der Waals surface area contributed by atoms with Crippen molar-refractivity contribution in [1.29, 1.82) is 0 Å². The predicted octanol–water partition coefficient (Wildman–Crippen LogP) is 1.85. The van der Waals surface area contributed by atoms with Crippen molar-refractivity contribution >= 4 is 11.7 Å². The third-order valence-electron chi connectivity index (χ3n) is 2.11. The lowest BCUT2D eigenvalue weighted by Crippen LogP contribution is -2.16. The maximum Gasteiger partial charge on any atom is 0.355 e. The molecule has 0 bridgehead atoms. The minimum absolute atomic E-state index is 0.00385. The van der Waals surface area contributed by atoms with Gasteiger partial charge in [-0.05, 0) is 18.6 Å². The second-order valence-corrected chi connectivity index (χ2v) is 3.30. The Morgan fingerprint density at radius 1 is 1.35 bits per heavy atom. The third-order valence-corrected chi connectivity index (χ3v) is 2.11. The van der Waals surface area contributed by atoms with Crippen molar-refractivity contribution < 1.29 is 19.5 Å². The minimum Gasteiger partial charge on any atom is -0.494 e. The molecule has 0 fully saturated rings. The van der Waals surface area contributed by atoms with Crippen molar-refractivity contribution in [2.45, 2.75) is 12.8 Å². The average molecular weight is 237 g/mol. The van der Waals surface area contributed by atoms with Gasteiger partial charge in [-0.3, -0.25) is 0 Å². The van der Waals surface area contributed by atoms with Crippen LogP contribution in [0.5, 0.6) is 5.75 Å². The third kappa shape index (κ3) is 4.55. The average Bonchev–Trinajstić information content (AvgIpc) is 2.39. The number of methoxy groups -OCH3 is 1. The van der Waals surface area contributed by atoms with Gasteiger partial charge < -0.3 is 14.7 Å². The number of nitrogens with zero attached hydrogens (tertiary/aromatic N) is 1. The summed E-state index contributed by atoms with van der Waals surface area (Å²) < 4.78 is 9.87. The van der Waals surface area contributed by atoms with E-state index >= 15 is 0 Å². The van der Waals surface area contributed by atoms with Crippen LogP contribution >= 0.6 is 0 Å². The van der Waals surface area contributed by atoms with Crippen molar-refractivity contribution in [3.05, 3.63) is 30.3 Å². The molecule has 0 saturated carbocycles. The number of carbonyl (C=O) groups is 1. The van der Waals surface area contributed by atoms with Crippen LogP contribution in [0.25, 0.3) is 0 Å². The summed E-state index contributed by atoms with van der Waals surface area (Å²) in [6.45, 7) is 0.444.